The molecule has 4 rings (SSSR count). The molecule has 0 fully saturated rings. The number of Topliss-reactive ketones (excluding diaryl/α,β-unsaturated/α-hetero) is 1. The van der Waals surface area contributed by atoms with E-state index in [1.807, 2.05) is 0 Å². The number of benzene rings is 2. The molecule has 7 nitrogen and oxygen atoms in total. The van der Waals surface area contributed by atoms with Crippen molar-refractivity contribution in [2.24, 2.45) is 0 Å². The Hall–Kier alpha value is -4.29. The molecular formula is C27H22FN3O4S. The molecule has 1 aliphatic rings. The first-order valence-electron chi connectivity index (χ1n) is 10.9. The van der Waals surface area contributed by atoms with Crippen molar-refractivity contribution in [2.75, 3.05) is 18.2 Å². The maximum atomic E-state index is 13.5. The molecule has 0 saturated carbocycles. The Morgan fingerprint density at radius 2 is 1.92 bits per heavy atom. The summed E-state index contributed by atoms with van der Waals surface area (Å²) in [6.45, 7) is 1.73. The molecule has 1 aliphatic heterocycles. The lowest BCUT2D eigenvalue weighted by Crippen LogP contribution is -2.30. The second-order valence-electron chi connectivity index (χ2n) is 7.84. The summed E-state index contributed by atoms with van der Waals surface area (Å²) < 4.78 is 24.2. The predicted molar refractivity (Wildman–Crippen MR) is 135 cm³/mol. The zero-order valence-corrected chi connectivity index (χ0v) is 20.3. The Balaban J connectivity index is 1.64. The molecule has 2 heterocycles. The number of dihydropyridines is 1. The first kappa shape index (κ1) is 24.8. The van der Waals surface area contributed by atoms with Gasteiger partial charge in [0.1, 0.15) is 17.3 Å². The number of carbonyl (C=O) groups excluding carboxylic acids is 2. The zero-order chi connectivity index (χ0) is 25.7. The van der Waals surface area contributed by atoms with Crippen LogP contribution < -0.4 is 15.4 Å². The van der Waals surface area contributed by atoms with Crippen LogP contribution in [0.25, 0.3) is 0 Å². The highest BCUT2D eigenvalue weighted by Crippen LogP contribution is 2.41. The van der Waals surface area contributed by atoms with E-state index in [-0.39, 0.29) is 17.1 Å². The summed E-state index contributed by atoms with van der Waals surface area (Å²) in [5.74, 6) is -0.935. The fraction of sp³-hybridized carbons (Fsp3) is 0.148. The van der Waals surface area contributed by atoms with Gasteiger partial charge in [0.05, 0.1) is 53.0 Å². The van der Waals surface area contributed by atoms with Gasteiger partial charge in [-0.2, -0.15) is 5.26 Å². The minimum absolute atomic E-state index is 0.0139. The highest BCUT2D eigenvalue weighted by atomic mass is 32.2. The monoisotopic (exact) mass is 503 g/mol. The highest BCUT2D eigenvalue weighted by molar-refractivity contribution is 8.03. The number of carbonyl (C=O) groups is 2. The average molecular weight is 504 g/mol. The summed E-state index contributed by atoms with van der Waals surface area (Å²) in [6.07, 6.45) is 1.47. The molecule has 3 aromatic rings. The normalized spacial score (nSPS) is 15.2. The molecule has 0 bridgehead atoms. The lowest BCUT2D eigenvalue weighted by molar-refractivity contribution is -0.113. The SMILES string of the molecule is COc1ccccc1NC(=O)C1=C(C)NC(SCC(=O)c2ccc(F)cc2)=C(C#N)[C@@H]1c1ccco1. The number of nitrogens with one attached hydrogen (secondary N) is 2. The number of hydrogen-bond acceptors (Lipinski definition) is 7. The number of nitriles is 1. The summed E-state index contributed by atoms with van der Waals surface area (Å²) >= 11 is 1.14. The lowest BCUT2D eigenvalue weighted by atomic mass is 9.85. The summed E-state index contributed by atoms with van der Waals surface area (Å²) in [6, 6.07) is 17.9. The van der Waals surface area contributed by atoms with Crippen LogP contribution in [0.2, 0.25) is 0 Å². The third-order valence-electron chi connectivity index (χ3n) is 5.59. The van der Waals surface area contributed by atoms with Crippen LogP contribution in [0.5, 0.6) is 5.75 Å². The number of ether oxygens (including phenoxy) is 1. The summed E-state index contributed by atoms with van der Waals surface area (Å²) in [5.41, 5.74) is 1.92. The summed E-state index contributed by atoms with van der Waals surface area (Å²) in [5, 5.41) is 16.5. The zero-order valence-electron chi connectivity index (χ0n) is 19.5. The molecule has 1 aromatic heterocycles. The number of furan rings is 1. The first-order chi connectivity index (χ1) is 17.4. The topological polar surface area (TPSA) is 104 Å². The minimum Gasteiger partial charge on any atom is -0.495 e. The second kappa shape index (κ2) is 11.0. The van der Waals surface area contributed by atoms with E-state index in [1.165, 1.54) is 37.6 Å². The van der Waals surface area contributed by atoms with Crippen molar-refractivity contribution < 1.29 is 23.1 Å². The van der Waals surface area contributed by atoms with Crippen molar-refractivity contribution in [1.82, 2.24) is 5.32 Å². The molecule has 0 saturated heterocycles. The van der Waals surface area contributed by atoms with Crippen molar-refractivity contribution in [1.29, 1.82) is 5.26 Å². The molecule has 0 radical (unpaired) electrons. The highest BCUT2D eigenvalue weighted by Gasteiger charge is 2.36. The van der Waals surface area contributed by atoms with Gasteiger partial charge in [-0.15, -0.1) is 0 Å². The largest absolute Gasteiger partial charge is 0.495 e. The number of methoxy groups -OCH3 is 1. The van der Waals surface area contributed by atoms with E-state index < -0.39 is 17.6 Å². The molecule has 1 atom stereocenters. The third-order valence-corrected chi connectivity index (χ3v) is 6.61. The number of hydrogen-bond donors (Lipinski definition) is 2. The van der Waals surface area contributed by atoms with E-state index in [0.717, 1.165) is 11.8 Å². The van der Waals surface area contributed by atoms with Gasteiger partial charge in [0.15, 0.2) is 5.78 Å². The Morgan fingerprint density at radius 3 is 2.58 bits per heavy atom. The van der Waals surface area contributed by atoms with E-state index in [1.54, 1.807) is 43.3 Å². The van der Waals surface area contributed by atoms with E-state index in [0.29, 0.717) is 39.1 Å². The van der Waals surface area contributed by atoms with Crippen molar-refractivity contribution in [3.63, 3.8) is 0 Å². The summed E-state index contributed by atoms with van der Waals surface area (Å²) in [7, 11) is 1.51. The van der Waals surface area contributed by atoms with Gasteiger partial charge in [-0.05, 0) is 55.5 Å². The van der Waals surface area contributed by atoms with Gasteiger partial charge in [0.2, 0.25) is 0 Å². The Bertz CT molecular complexity index is 1390. The molecule has 182 valence electrons. The molecule has 0 spiro atoms. The van der Waals surface area contributed by atoms with Gasteiger partial charge in [0.25, 0.3) is 5.91 Å². The van der Waals surface area contributed by atoms with Gasteiger partial charge < -0.3 is 19.8 Å². The van der Waals surface area contributed by atoms with Gasteiger partial charge in [-0.25, -0.2) is 4.39 Å². The number of halogens is 1. The van der Waals surface area contributed by atoms with Gasteiger partial charge in [-0.1, -0.05) is 23.9 Å². The number of ketones is 1. The van der Waals surface area contributed by atoms with Crippen LogP contribution in [0.1, 0.15) is 29.0 Å². The maximum absolute atomic E-state index is 13.5. The van der Waals surface area contributed by atoms with Crippen LogP contribution in [0.3, 0.4) is 0 Å². The number of allylic oxidation sites excluding steroid dienone is 2. The second-order valence-corrected chi connectivity index (χ2v) is 8.83. The first-order valence-corrected chi connectivity index (χ1v) is 11.9. The van der Waals surface area contributed by atoms with Crippen molar-refractivity contribution in [2.45, 2.75) is 12.8 Å². The number of nitrogens with zero attached hydrogens (tertiary/aromatic N) is 1. The number of para-hydroxylation sites is 2. The standard InChI is InChI=1S/C27H22FN3O4S/c1-16-24(26(33)31-20-6-3-4-7-22(20)34-2)25(23-8-5-13-35-23)19(14-29)27(30-16)36-15-21(32)17-9-11-18(28)12-10-17/h3-13,25,30H,15H2,1-2H3,(H,31,33)/t25-/m1/s1. The van der Waals surface area contributed by atoms with E-state index >= 15 is 0 Å². The van der Waals surface area contributed by atoms with Crippen molar-refractivity contribution in [3.05, 3.63) is 106 Å². The van der Waals surface area contributed by atoms with Crippen LogP contribution >= 0.6 is 11.8 Å². The quantitative estimate of drug-likeness (QED) is 0.398. The average Bonchev–Trinajstić information content (AvgIpc) is 3.42. The maximum Gasteiger partial charge on any atom is 0.254 e. The summed E-state index contributed by atoms with van der Waals surface area (Å²) in [4.78, 5) is 26.1. The number of anilines is 1. The molecule has 9 heteroatoms. The van der Waals surface area contributed by atoms with Crippen LogP contribution in [-0.4, -0.2) is 24.6 Å². The predicted octanol–water partition coefficient (Wildman–Crippen LogP) is 5.38. The molecule has 0 aliphatic carbocycles. The Labute approximate surface area is 211 Å². The van der Waals surface area contributed by atoms with Crippen molar-refractivity contribution >= 4 is 29.1 Å². The van der Waals surface area contributed by atoms with Crippen LogP contribution in [0.4, 0.5) is 10.1 Å². The number of rotatable bonds is 8. The molecule has 1 amide bonds. The van der Waals surface area contributed by atoms with Gasteiger partial charge in [-0.3, -0.25) is 9.59 Å². The molecule has 2 N–H and O–H groups in total. The fourth-order valence-electron chi connectivity index (χ4n) is 3.86. The van der Waals surface area contributed by atoms with Gasteiger partial charge >= 0.3 is 0 Å². The number of thioether (sulfide) groups is 1. The Morgan fingerprint density at radius 1 is 1.17 bits per heavy atom. The van der Waals surface area contributed by atoms with Gasteiger partial charge in [0, 0.05) is 11.3 Å². The van der Waals surface area contributed by atoms with E-state index in [2.05, 4.69) is 16.7 Å². The van der Waals surface area contributed by atoms with Crippen LogP contribution in [0, 0.1) is 17.1 Å². The van der Waals surface area contributed by atoms with Crippen molar-refractivity contribution in [3.8, 4) is 11.8 Å². The minimum atomic E-state index is -0.788. The fourth-order valence-corrected chi connectivity index (χ4v) is 4.85. The molecule has 0 unspecified atom stereocenters. The van der Waals surface area contributed by atoms with Crippen LogP contribution in [-0.2, 0) is 4.79 Å². The number of amides is 1. The third kappa shape index (κ3) is 5.19. The molecule has 2 aromatic carbocycles. The molecule has 36 heavy (non-hydrogen) atoms. The van der Waals surface area contributed by atoms with E-state index in [4.69, 9.17) is 9.15 Å². The molecular weight excluding hydrogens is 481 g/mol. The lowest BCUT2D eigenvalue weighted by Gasteiger charge is -2.28. The smallest absolute Gasteiger partial charge is 0.254 e. The Kier molecular flexibility index (Phi) is 7.56. The van der Waals surface area contributed by atoms with Crippen LogP contribution in [0.15, 0.2) is 93.2 Å². The van der Waals surface area contributed by atoms with E-state index in [9.17, 15) is 19.2 Å².